The van der Waals surface area contributed by atoms with Gasteiger partial charge in [0.25, 0.3) is 6.43 Å². The summed E-state index contributed by atoms with van der Waals surface area (Å²) in [4.78, 5) is 15.1. The normalized spacial score (nSPS) is 19.0. The Hall–Kier alpha value is -1.37. The van der Waals surface area contributed by atoms with Gasteiger partial charge in [-0.1, -0.05) is 30.8 Å². The molecule has 0 radical (unpaired) electrons. The van der Waals surface area contributed by atoms with E-state index in [1.54, 1.807) is 7.11 Å². The second-order valence-electron chi connectivity index (χ2n) is 5.07. The number of hydrogen-bond donors (Lipinski definition) is 0. The van der Waals surface area contributed by atoms with Gasteiger partial charge in [-0.3, -0.25) is 4.79 Å². The molecule has 1 aliphatic carbocycles. The smallest absolute Gasteiger partial charge is 0.296 e. The lowest BCUT2D eigenvalue weighted by molar-refractivity contribution is -0.129. The van der Waals surface area contributed by atoms with E-state index in [9.17, 15) is 13.6 Å². The van der Waals surface area contributed by atoms with Gasteiger partial charge in [0.15, 0.2) is 0 Å². The number of nitrogens with zero attached hydrogens (tertiary/aromatic N) is 2. The molecule has 20 heavy (non-hydrogen) atoms. The van der Waals surface area contributed by atoms with E-state index >= 15 is 0 Å². The number of halogens is 2. The van der Waals surface area contributed by atoms with Gasteiger partial charge in [0.2, 0.25) is 17.5 Å². The Morgan fingerprint density at radius 1 is 1.35 bits per heavy atom. The van der Waals surface area contributed by atoms with Crippen molar-refractivity contribution >= 4 is 5.78 Å². The first-order valence-corrected chi connectivity index (χ1v) is 6.76. The maximum absolute atomic E-state index is 12.2. The van der Waals surface area contributed by atoms with Gasteiger partial charge in [0.05, 0.1) is 6.42 Å². The molecule has 1 aliphatic rings. The minimum absolute atomic E-state index is 0.0778. The minimum Gasteiger partial charge on any atom is -0.370 e. The maximum atomic E-state index is 12.2. The molecule has 0 N–H and O–H groups in total. The Balaban J connectivity index is 2.15. The van der Waals surface area contributed by atoms with Crippen molar-refractivity contribution in [3.8, 4) is 0 Å². The van der Waals surface area contributed by atoms with Gasteiger partial charge >= 0.3 is 0 Å². The summed E-state index contributed by atoms with van der Waals surface area (Å²) < 4.78 is 34.9. The number of Topliss-reactive ketones (excluding diaryl/α,β-unsaturated/α-hetero) is 1. The van der Waals surface area contributed by atoms with E-state index in [4.69, 9.17) is 9.26 Å². The van der Waals surface area contributed by atoms with Gasteiger partial charge in [-0.25, -0.2) is 8.78 Å². The van der Waals surface area contributed by atoms with Gasteiger partial charge in [0, 0.05) is 7.11 Å². The molecular formula is C13H18F2N2O3. The lowest BCUT2D eigenvalue weighted by atomic mass is 9.93. The van der Waals surface area contributed by atoms with Crippen LogP contribution in [-0.2, 0) is 21.6 Å². The van der Waals surface area contributed by atoms with Gasteiger partial charge < -0.3 is 9.26 Å². The zero-order valence-electron chi connectivity index (χ0n) is 11.4. The zero-order valence-corrected chi connectivity index (χ0v) is 11.4. The van der Waals surface area contributed by atoms with Crippen molar-refractivity contribution in [2.24, 2.45) is 0 Å². The van der Waals surface area contributed by atoms with Crippen LogP contribution in [0.2, 0.25) is 0 Å². The third-order valence-corrected chi connectivity index (χ3v) is 3.75. The van der Waals surface area contributed by atoms with Crippen LogP contribution in [0.3, 0.4) is 0 Å². The number of methoxy groups -OCH3 is 1. The van der Waals surface area contributed by atoms with Crippen molar-refractivity contribution in [2.75, 3.05) is 7.11 Å². The zero-order chi connectivity index (χ0) is 14.6. The summed E-state index contributed by atoms with van der Waals surface area (Å²) in [5.41, 5.74) is -0.619. The Bertz CT molecular complexity index is 454. The summed E-state index contributed by atoms with van der Waals surface area (Å²) in [6, 6.07) is 0. The molecule has 0 aromatic carbocycles. The first kappa shape index (κ1) is 15.0. The Morgan fingerprint density at radius 2 is 2.00 bits per heavy atom. The second-order valence-corrected chi connectivity index (χ2v) is 5.07. The van der Waals surface area contributed by atoms with E-state index < -0.39 is 24.2 Å². The topological polar surface area (TPSA) is 65.2 Å². The van der Waals surface area contributed by atoms with Crippen LogP contribution >= 0.6 is 0 Å². The van der Waals surface area contributed by atoms with Gasteiger partial charge in [0.1, 0.15) is 5.60 Å². The third kappa shape index (κ3) is 3.20. The predicted octanol–water partition coefficient (Wildman–Crippen LogP) is 2.64. The second kappa shape index (κ2) is 6.39. The van der Waals surface area contributed by atoms with E-state index in [0.29, 0.717) is 5.82 Å². The van der Waals surface area contributed by atoms with Gasteiger partial charge in [-0.15, -0.1) is 0 Å². The lowest BCUT2D eigenvalue weighted by Gasteiger charge is -2.27. The van der Waals surface area contributed by atoms with Crippen LogP contribution < -0.4 is 0 Å². The molecule has 1 saturated carbocycles. The maximum Gasteiger partial charge on any atom is 0.296 e. The molecule has 0 unspecified atom stereocenters. The highest BCUT2D eigenvalue weighted by molar-refractivity contribution is 5.82. The van der Waals surface area contributed by atoms with E-state index in [2.05, 4.69) is 10.1 Å². The number of carbonyl (C=O) groups is 1. The SMILES string of the molecule is COC1(c2noc(CC(=O)C(F)F)n2)CCCCCC1. The van der Waals surface area contributed by atoms with Gasteiger partial charge in [-0.05, 0) is 12.8 Å². The Kier molecular flexibility index (Phi) is 4.80. The fourth-order valence-corrected chi connectivity index (χ4v) is 2.56. The van der Waals surface area contributed by atoms with E-state index in [1.165, 1.54) is 0 Å². The van der Waals surface area contributed by atoms with Crippen LogP contribution in [0.25, 0.3) is 0 Å². The number of alkyl halides is 2. The van der Waals surface area contributed by atoms with Crippen LogP contribution in [0.4, 0.5) is 8.78 Å². The highest BCUT2D eigenvalue weighted by Crippen LogP contribution is 2.37. The van der Waals surface area contributed by atoms with Crippen LogP contribution in [0.15, 0.2) is 4.52 Å². The summed E-state index contributed by atoms with van der Waals surface area (Å²) >= 11 is 0. The van der Waals surface area contributed by atoms with Crippen molar-refractivity contribution in [2.45, 2.75) is 57.0 Å². The highest BCUT2D eigenvalue weighted by atomic mass is 19.3. The number of hydrogen-bond acceptors (Lipinski definition) is 5. The highest BCUT2D eigenvalue weighted by Gasteiger charge is 2.37. The van der Waals surface area contributed by atoms with Crippen LogP contribution in [0.5, 0.6) is 0 Å². The molecule has 2 rings (SSSR count). The summed E-state index contributed by atoms with van der Waals surface area (Å²) in [6.07, 6.45) is 2.22. The Morgan fingerprint density at radius 3 is 2.55 bits per heavy atom. The molecule has 0 saturated heterocycles. The first-order chi connectivity index (χ1) is 9.57. The molecule has 0 amide bonds. The van der Waals surface area contributed by atoms with Crippen LogP contribution in [0.1, 0.15) is 50.2 Å². The number of carbonyl (C=O) groups excluding carboxylic acids is 1. The predicted molar refractivity (Wildman–Crippen MR) is 65.4 cm³/mol. The van der Waals surface area contributed by atoms with E-state index in [0.717, 1.165) is 38.5 Å². The van der Waals surface area contributed by atoms with Crippen molar-refractivity contribution in [1.29, 1.82) is 0 Å². The fourth-order valence-electron chi connectivity index (χ4n) is 2.56. The molecule has 1 aromatic heterocycles. The minimum atomic E-state index is -3.01. The quantitative estimate of drug-likeness (QED) is 0.779. The molecule has 7 heteroatoms. The van der Waals surface area contributed by atoms with E-state index in [1.807, 2.05) is 0 Å². The van der Waals surface area contributed by atoms with Crippen LogP contribution in [-0.4, -0.2) is 29.5 Å². The molecule has 5 nitrogen and oxygen atoms in total. The van der Waals surface area contributed by atoms with Crippen molar-refractivity contribution in [1.82, 2.24) is 10.1 Å². The van der Waals surface area contributed by atoms with Crippen molar-refractivity contribution in [3.63, 3.8) is 0 Å². The molecule has 112 valence electrons. The number of ether oxygens (including phenoxy) is 1. The molecule has 0 aliphatic heterocycles. The standard InChI is InChI=1S/C13H18F2N2O3/c1-19-13(6-4-2-3-5-7-13)12-16-10(20-17-12)8-9(18)11(14)15/h11H,2-8H2,1H3. The average Bonchev–Trinajstić information content (AvgIpc) is 2.76. The number of ketones is 1. The van der Waals surface area contributed by atoms with Gasteiger partial charge in [-0.2, -0.15) is 4.98 Å². The fraction of sp³-hybridized carbons (Fsp3) is 0.769. The summed E-state index contributed by atoms with van der Waals surface area (Å²) in [5.74, 6) is -0.933. The molecule has 1 heterocycles. The van der Waals surface area contributed by atoms with Crippen molar-refractivity contribution < 1.29 is 22.8 Å². The average molecular weight is 288 g/mol. The molecule has 1 aromatic rings. The van der Waals surface area contributed by atoms with E-state index in [-0.39, 0.29) is 5.89 Å². The van der Waals surface area contributed by atoms with Crippen molar-refractivity contribution in [3.05, 3.63) is 11.7 Å². The first-order valence-electron chi connectivity index (χ1n) is 6.76. The Labute approximate surface area is 115 Å². The summed E-state index contributed by atoms with van der Waals surface area (Å²) in [5, 5.41) is 3.83. The molecule has 0 spiro atoms. The lowest BCUT2D eigenvalue weighted by Crippen LogP contribution is -2.29. The number of aromatic nitrogens is 2. The largest absolute Gasteiger partial charge is 0.370 e. The summed E-state index contributed by atoms with van der Waals surface area (Å²) in [7, 11) is 1.59. The summed E-state index contributed by atoms with van der Waals surface area (Å²) in [6.45, 7) is 0. The van der Waals surface area contributed by atoms with Crippen LogP contribution in [0, 0.1) is 0 Å². The monoisotopic (exact) mass is 288 g/mol. The third-order valence-electron chi connectivity index (χ3n) is 3.75. The molecule has 0 bridgehead atoms. The number of rotatable bonds is 5. The molecular weight excluding hydrogens is 270 g/mol. The molecule has 1 fully saturated rings. The molecule has 0 atom stereocenters.